The van der Waals surface area contributed by atoms with Gasteiger partial charge >= 0.3 is 0 Å². The number of likely N-dealkylation sites (tertiary alicyclic amines) is 1. The first-order valence-electron chi connectivity index (χ1n) is 7.16. The van der Waals surface area contributed by atoms with E-state index < -0.39 is 0 Å². The van der Waals surface area contributed by atoms with Crippen molar-refractivity contribution < 1.29 is 14.4 Å². The molecule has 1 fully saturated rings. The molecule has 0 aromatic rings. The van der Waals surface area contributed by atoms with E-state index in [1.165, 1.54) is 4.90 Å². The fourth-order valence-electron chi connectivity index (χ4n) is 2.16. The second-order valence-corrected chi connectivity index (χ2v) is 5.42. The highest BCUT2D eigenvalue weighted by atomic mass is 16.2. The molecule has 6 nitrogen and oxygen atoms in total. The summed E-state index contributed by atoms with van der Waals surface area (Å²) in [6, 6.07) is 0. The molecule has 0 aromatic carbocycles. The normalized spacial score (nSPS) is 15.6. The molecule has 0 atom stereocenters. The average Bonchev–Trinajstić information content (AvgIpc) is 2.39. The molecule has 6 heteroatoms. The van der Waals surface area contributed by atoms with Crippen LogP contribution in [0.2, 0.25) is 0 Å². The van der Waals surface area contributed by atoms with Crippen molar-refractivity contribution in [1.29, 1.82) is 0 Å². The van der Waals surface area contributed by atoms with Crippen LogP contribution < -0.4 is 0 Å². The van der Waals surface area contributed by atoms with E-state index in [0.717, 1.165) is 13.0 Å². The van der Waals surface area contributed by atoms with E-state index in [0.29, 0.717) is 25.9 Å². The van der Waals surface area contributed by atoms with Gasteiger partial charge in [0, 0.05) is 40.0 Å². The lowest BCUT2D eigenvalue weighted by Gasteiger charge is -2.29. The molecule has 1 saturated heterocycles. The van der Waals surface area contributed by atoms with E-state index in [-0.39, 0.29) is 30.7 Å². The third kappa shape index (κ3) is 5.28. The van der Waals surface area contributed by atoms with Gasteiger partial charge in [-0.05, 0) is 13.0 Å². The number of piperidine rings is 1. The Morgan fingerprint density at radius 3 is 2.25 bits per heavy atom. The Labute approximate surface area is 120 Å². The van der Waals surface area contributed by atoms with Gasteiger partial charge in [0.2, 0.25) is 11.8 Å². The fraction of sp³-hybridized carbons (Fsp3) is 0.786. The van der Waals surface area contributed by atoms with Gasteiger partial charge in [-0.3, -0.25) is 19.3 Å². The molecular weight excluding hydrogens is 258 g/mol. The number of amides is 2. The molecule has 0 unspecified atom stereocenters. The lowest BCUT2D eigenvalue weighted by atomic mass is 10.1. The maximum atomic E-state index is 12.2. The van der Waals surface area contributed by atoms with Crippen LogP contribution in [-0.2, 0) is 14.4 Å². The maximum absolute atomic E-state index is 12.2. The van der Waals surface area contributed by atoms with Crippen LogP contribution in [0.5, 0.6) is 0 Å². The first-order chi connectivity index (χ1) is 9.43. The number of hydrogen-bond donors (Lipinski definition) is 0. The number of carbonyl (C=O) groups is 3. The van der Waals surface area contributed by atoms with Crippen molar-refractivity contribution in [3.63, 3.8) is 0 Å². The van der Waals surface area contributed by atoms with Crippen LogP contribution in [0.1, 0.15) is 26.2 Å². The lowest BCUT2D eigenvalue weighted by molar-refractivity contribution is -0.136. The Morgan fingerprint density at radius 2 is 1.75 bits per heavy atom. The van der Waals surface area contributed by atoms with Crippen LogP contribution >= 0.6 is 0 Å². The maximum Gasteiger partial charge on any atom is 0.236 e. The van der Waals surface area contributed by atoms with Gasteiger partial charge in [-0.2, -0.15) is 0 Å². The molecule has 1 rings (SSSR count). The van der Waals surface area contributed by atoms with E-state index in [9.17, 15) is 14.4 Å². The summed E-state index contributed by atoms with van der Waals surface area (Å²) in [4.78, 5) is 40.2. The first-order valence-corrected chi connectivity index (χ1v) is 7.16. The summed E-state index contributed by atoms with van der Waals surface area (Å²) in [5, 5.41) is 0. The van der Waals surface area contributed by atoms with Crippen LogP contribution in [0.4, 0.5) is 0 Å². The molecule has 0 N–H and O–H groups in total. The predicted octanol–water partition coefficient (Wildman–Crippen LogP) is -0.0219. The molecule has 1 aliphatic rings. The van der Waals surface area contributed by atoms with Gasteiger partial charge in [-0.15, -0.1) is 0 Å². The highest BCUT2D eigenvalue weighted by Gasteiger charge is 2.23. The summed E-state index contributed by atoms with van der Waals surface area (Å²) in [7, 11) is 3.43. The zero-order valence-corrected chi connectivity index (χ0v) is 12.7. The second kappa shape index (κ2) is 7.99. The van der Waals surface area contributed by atoms with Gasteiger partial charge in [0.25, 0.3) is 0 Å². The highest BCUT2D eigenvalue weighted by molar-refractivity contribution is 5.84. The number of rotatable bonds is 6. The third-order valence-corrected chi connectivity index (χ3v) is 3.43. The Bertz CT molecular complexity index is 359. The fourth-order valence-corrected chi connectivity index (χ4v) is 2.16. The average molecular weight is 283 g/mol. The summed E-state index contributed by atoms with van der Waals surface area (Å²) in [5.41, 5.74) is 0. The molecule has 20 heavy (non-hydrogen) atoms. The van der Waals surface area contributed by atoms with Crippen LogP contribution in [0.3, 0.4) is 0 Å². The molecule has 1 aliphatic heterocycles. The molecule has 0 aromatic heterocycles. The van der Waals surface area contributed by atoms with E-state index in [1.807, 2.05) is 11.8 Å². The topological polar surface area (TPSA) is 60.9 Å². The predicted molar refractivity (Wildman–Crippen MR) is 76.2 cm³/mol. The van der Waals surface area contributed by atoms with Gasteiger partial charge in [-0.25, -0.2) is 0 Å². The minimum atomic E-state index is 0.0000666. The zero-order chi connectivity index (χ0) is 15.1. The largest absolute Gasteiger partial charge is 0.348 e. The molecule has 0 saturated carbocycles. The zero-order valence-electron chi connectivity index (χ0n) is 12.7. The summed E-state index contributed by atoms with van der Waals surface area (Å²) in [5.74, 6) is 0.236. The van der Waals surface area contributed by atoms with Gasteiger partial charge in [-0.1, -0.05) is 6.92 Å². The minimum absolute atomic E-state index is 0.0000666. The summed E-state index contributed by atoms with van der Waals surface area (Å²) in [6.45, 7) is 4.29. The molecule has 1 heterocycles. The second-order valence-electron chi connectivity index (χ2n) is 5.42. The lowest BCUT2D eigenvalue weighted by Crippen LogP contribution is -2.46. The minimum Gasteiger partial charge on any atom is -0.348 e. The van der Waals surface area contributed by atoms with Crippen molar-refractivity contribution in [3.8, 4) is 0 Å². The Hall–Kier alpha value is -1.43. The Morgan fingerprint density at radius 1 is 1.15 bits per heavy atom. The first kappa shape index (κ1) is 16.6. The highest BCUT2D eigenvalue weighted by Crippen LogP contribution is 2.07. The Kier molecular flexibility index (Phi) is 6.64. The van der Waals surface area contributed by atoms with Crippen LogP contribution in [0.25, 0.3) is 0 Å². The van der Waals surface area contributed by atoms with Gasteiger partial charge < -0.3 is 9.80 Å². The number of hydrogen-bond acceptors (Lipinski definition) is 4. The summed E-state index contributed by atoms with van der Waals surface area (Å²) < 4.78 is 0. The van der Waals surface area contributed by atoms with E-state index in [4.69, 9.17) is 0 Å². The van der Waals surface area contributed by atoms with Crippen LogP contribution in [-0.4, -0.2) is 79.1 Å². The van der Waals surface area contributed by atoms with Gasteiger partial charge in [0.15, 0.2) is 0 Å². The number of nitrogens with zero attached hydrogens (tertiary/aromatic N) is 3. The quantitative estimate of drug-likeness (QED) is 0.687. The molecule has 0 spiro atoms. The monoisotopic (exact) mass is 283 g/mol. The van der Waals surface area contributed by atoms with Crippen molar-refractivity contribution in [2.75, 3.05) is 46.8 Å². The Balaban J connectivity index is 2.49. The molecule has 0 bridgehead atoms. The van der Waals surface area contributed by atoms with E-state index in [1.54, 1.807) is 19.0 Å². The van der Waals surface area contributed by atoms with Crippen molar-refractivity contribution in [3.05, 3.63) is 0 Å². The van der Waals surface area contributed by atoms with Crippen molar-refractivity contribution in [1.82, 2.24) is 14.7 Å². The number of ketones is 1. The van der Waals surface area contributed by atoms with Gasteiger partial charge in [0.1, 0.15) is 5.78 Å². The molecule has 2 amide bonds. The standard InChI is InChI=1S/C14H25N3O3/c1-4-7-16(10-13(19)15(2)3)11-14(20)17-8-5-12(18)6-9-17/h4-11H2,1-3H3. The van der Waals surface area contributed by atoms with Crippen LogP contribution in [0.15, 0.2) is 0 Å². The van der Waals surface area contributed by atoms with Gasteiger partial charge in [0.05, 0.1) is 13.1 Å². The smallest absolute Gasteiger partial charge is 0.236 e. The van der Waals surface area contributed by atoms with E-state index >= 15 is 0 Å². The number of carbonyl (C=O) groups excluding carboxylic acids is 3. The molecule has 0 radical (unpaired) electrons. The molecular formula is C14H25N3O3. The number of Topliss-reactive ketones (excluding diaryl/α,β-unsaturated/α-hetero) is 1. The van der Waals surface area contributed by atoms with E-state index in [2.05, 4.69) is 0 Å². The number of likely N-dealkylation sites (N-methyl/N-ethyl adjacent to an activating group) is 1. The van der Waals surface area contributed by atoms with Crippen molar-refractivity contribution >= 4 is 17.6 Å². The van der Waals surface area contributed by atoms with Crippen molar-refractivity contribution in [2.24, 2.45) is 0 Å². The SMILES string of the molecule is CCCN(CC(=O)N(C)C)CC(=O)N1CCC(=O)CC1. The summed E-state index contributed by atoms with van der Waals surface area (Å²) in [6.07, 6.45) is 1.80. The molecule has 114 valence electrons. The van der Waals surface area contributed by atoms with Crippen LogP contribution in [0, 0.1) is 0 Å². The third-order valence-electron chi connectivity index (χ3n) is 3.43. The summed E-state index contributed by atoms with van der Waals surface area (Å²) >= 11 is 0. The molecule has 0 aliphatic carbocycles. The van der Waals surface area contributed by atoms with Crippen molar-refractivity contribution in [2.45, 2.75) is 26.2 Å².